The maximum absolute atomic E-state index is 12.8. The van der Waals surface area contributed by atoms with Crippen LogP contribution >= 0.6 is 23.2 Å². The van der Waals surface area contributed by atoms with Crippen LogP contribution in [0.25, 0.3) is 0 Å². The van der Waals surface area contributed by atoms with Gasteiger partial charge < -0.3 is 15.5 Å². The second-order valence-corrected chi connectivity index (χ2v) is 7.79. The fourth-order valence-electron chi connectivity index (χ4n) is 3.42. The standard InChI is InChI=1S/C21H23Cl2N3O2/c1-14(27)24-18(15-4-6-16(22)7-5-15)13-21(28)25-19-12-17(23)8-9-20(19)26-10-2-3-11-26/h4-9,12,18H,2-3,10-11,13H2,1H3,(H,24,27)(H,25,28). The summed E-state index contributed by atoms with van der Waals surface area (Å²) in [6.45, 7) is 3.36. The Kier molecular flexibility index (Phi) is 6.81. The predicted molar refractivity (Wildman–Crippen MR) is 114 cm³/mol. The van der Waals surface area contributed by atoms with E-state index in [-0.39, 0.29) is 18.2 Å². The molecule has 2 amide bonds. The van der Waals surface area contributed by atoms with Crippen LogP contribution in [0.5, 0.6) is 0 Å². The molecule has 1 aliphatic rings. The number of nitrogens with zero attached hydrogens (tertiary/aromatic N) is 1. The molecule has 0 aromatic heterocycles. The maximum Gasteiger partial charge on any atom is 0.226 e. The predicted octanol–water partition coefficient (Wildman–Crippen LogP) is 4.80. The number of rotatable bonds is 6. The second-order valence-electron chi connectivity index (χ2n) is 6.91. The number of hydrogen-bond acceptors (Lipinski definition) is 3. The van der Waals surface area contributed by atoms with Crippen molar-refractivity contribution in [2.75, 3.05) is 23.3 Å². The molecule has 0 aliphatic carbocycles. The lowest BCUT2D eigenvalue weighted by Crippen LogP contribution is -2.30. The van der Waals surface area contributed by atoms with Gasteiger partial charge in [0, 0.05) is 30.1 Å². The zero-order valence-electron chi connectivity index (χ0n) is 15.7. The number of benzene rings is 2. The molecule has 7 heteroatoms. The molecule has 0 radical (unpaired) electrons. The Labute approximate surface area is 175 Å². The van der Waals surface area contributed by atoms with Crippen molar-refractivity contribution in [2.24, 2.45) is 0 Å². The summed E-state index contributed by atoms with van der Waals surface area (Å²) in [4.78, 5) is 26.6. The molecule has 1 aliphatic heterocycles. The molecule has 1 atom stereocenters. The van der Waals surface area contributed by atoms with Gasteiger partial charge in [-0.15, -0.1) is 0 Å². The molecule has 1 fully saturated rings. The Morgan fingerprint density at radius 2 is 1.68 bits per heavy atom. The number of amides is 2. The zero-order valence-corrected chi connectivity index (χ0v) is 17.2. The van der Waals surface area contributed by atoms with E-state index >= 15 is 0 Å². The van der Waals surface area contributed by atoms with Crippen LogP contribution in [0.4, 0.5) is 11.4 Å². The smallest absolute Gasteiger partial charge is 0.226 e. The highest BCUT2D eigenvalue weighted by atomic mass is 35.5. The summed E-state index contributed by atoms with van der Waals surface area (Å²) in [5.74, 6) is -0.398. The largest absolute Gasteiger partial charge is 0.370 e. The molecule has 1 heterocycles. The molecule has 0 saturated carbocycles. The van der Waals surface area contributed by atoms with Gasteiger partial charge in [0.15, 0.2) is 0 Å². The zero-order chi connectivity index (χ0) is 20.1. The summed E-state index contributed by atoms with van der Waals surface area (Å²) in [5.41, 5.74) is 2.48. The quantitative estimate of drug-likeness (QED) is 0.706. The first-order chi connectivity index (χ1) is 13.4. The van der Waals surface area contributed by atoms with Gasteiger partial charge in [0.1, 0.15) is 0 Å². The Morgan fingerprint density at radius 3 is 2.32 bits per heavy atom. The fourth-order valence-corrected chi connectivity index (χ4v) is 3.72. The first-order valence-corrected chi connectivity index (χ1v) is 10.0. The van der Waals surface area contributed by atoms with Crippen molar-refractivity contribution in [3.05, 3.63) is 58.1 Å². The van der Waals surface area contributed by atoms with Gasteiger partial charge in [0.25, 0.3) is 0 Å². The van der Waals surface area contributed by atoms with Gasteiger partial charge in [-0.2, -0.15) is 0 Å². The molecule has 3 rings (SSSR count). The summed E-state index contributed by atoms with van der Waals surface area (Å²) >= 11 is 12.1. The van der Waals surface area contributed by atoms with E-state index < -0.39 is 6.04 Å². The number of carbonyl (C=O) groups excluding carboxylic acids is 2. The maximum atomic E-state index is 12.8. The van der Waals surface area contributed by atoms with Gasteiger partial charge in [-0.05, 0) is 48.7 Å². The van der Waals surface area contributed by atoms with Crippen LogP contribution in [0.15, 0.2) is 42.5 Å². The minimum absolute atomic E-state index is 0.104. The molecule has 2 aromatic carbocycles. The van der Waals surface area contributed by atoms with Gasteiger partial charge in [-0.3, -0.25) is 9.59 Å². The highest BCUT2D eigenvalue weighted by Crippen LogP contribution is 2.32. The lowest BCUT2D eigenvalue weighted by Gasteiger charge is -2.23. The topological polar surface area (TPSA) is 61.4 Å². The van der Waals surface area contributed by atoms with Crippen molar-refractivity contribution in [1.82, 2.24) is 5.32 Å². The highest BCUT2D eigenvalue weighted by molar-refractivity contribution is 6.31. The molecular weight excluding hydrogens is 397 g/mol. The molecule has 1 unspecified atom stereocenters. The third-order valence-corrected chi connectivity index (χ3v) is 5.21. The van der Waals surface area contributed by atoms with Crippen LogP contribution < -0.4 is 15.5 Å². The van der Waals surface area contributed by atoms with Crippen LogP contribution in [0, 0.1) is 0 Å². The average molecular weight is 420 g/mol. The van der Waals surface area contributed by atoms with Crippen LogP contribution in [-0.4, -0.2) is 24.9 Å². The Balaban J connectivity index is 1.76. The Hall–Kier alpha value is -2.24. The highest BCUT2D eigenvalue weighted by Gasteiger charge is 2.20. The molecule has 1 saturated heterocycles. The first-order valence-electron chi connectivity index (χ1n) is 9.29. The molecule has 0 spiro atoms. The Bertz CT molecular complexity index is 849. The number of carbonyl (C=O) groups is 2. The van der Waals surface area contributed by atoms with Crippen LogP contribution in [0.1, 0.15) is 37.8 Å². The lowest BCUT2D eigenvalue weighted by atomic mass is 10.0. The van der Waals surface area contributed by atoms with E-state index in [2.05, 4.69) is 15.5 Å². The summed E-state index contributed by atoms with van der Waals surface area (Å²) in [7, 11) is 0. The molecule has 2 N–H and O–H groups in total. The van der Waals surface area contributed by atoms with E-state index in [1.165, 1.54) is 6.92 Å². The minimum atomic E-state index is -0.441. The van der Waals surface area contributed by atoms with Crippen molar-refractivity contribution in [3.63, 3.8) is 0 Å². The monoisotopic (exact) mass is 419 g/mol. The van der Waals surface area contributed by atoms with E-state index in [0.29, 0.717) is 15.7 Å². The average Bonchev–Trinajstić information content (AvgIpc) is 3.16. The number of anilines is 2. The SMILES string of the molecule is CC(=O)NC(CC(=O)Nc1cc(Cl)ccc1N1CCCC1)c1ccc(Cl)cc1. The van der Waals surface area contributed by atoms with E-state index in [4.69, 9.17) is 23.2 Å². The van der Waals surface area contributed by atoms with Gasteiger partial charge in [0.05, 0.1) is 23.8 Å². The van der Waals surface area contributed by atoms with Crippen LogP contribution in [0.2, 0.25) is 10.0 Å². The minimum Gasteiger partial charge on any atom is -0.370 e. The summed E-state index contributed by atoms with van der Waals surface area (Å²) < 4.78 is 0. The first kappa shape index (κ1) is 20.5. The third kappa shape index (κ3) is 5.40. The second kappa shape index (κ2) is 9.30. The van der Waals surface area contributed by atoms with Crippen molar-refractivity contribution in [2.45, 2.75) is 32.2 Å². The normalized spacial score (nSPS) is 14.6. The van der Waals surface area contributed by atoms with Crippen molar-refractivity contribution < 1.29 is 9.59 Å². The molecule has 0 bridgehead atoms. The van der Waals surface area contributed by atoms with E-state index in [1.807, 2.05) is 24.3 Å². The Morgan fingerprint density at radius 1 is 1.04 bits per heavy atom. The van der Waals surface area contributed by atoms with Gasteiger partial charge in [0.2, 0.25) is 11.8 Å². The number of halogens is 2. The fraction of sp³-hybridized carbons (Fsp3) is 0.333. The van der Waals surface area contributed by atoms with Crippen molar-refractivity contribution >= 4 is 46.4 Å². The van der Waals surface area contributed by atoms with Gasteiger partial charge in [-0.1, -0.05) is 35.3 Å². The molecular formula is C21H23Cl2N3O2. The third-order valence-electron chi connectivity index (χ3n) is 4.72. The van der Waals surface area contributed by atoms with Crippen LogP contribution in [0.3, 0.4) is 0 Å². The number of hydrogen-bond donors (Lipinski definition) is 2. The van der Waals surface area contributed by atoms with E-state index in [1.54, 1.807) is 18.2 Å². The van der Waals surface area contributed by atoms with Crippen molar-refractivity contribution in [1.29, 1.82) is 0 Å². The summed E-state index contributed by atoms with van der Waals surface area (Å²) in [5, 5.41) is 6.97. The summed E-state index contributed by atoms with van der Waals surface area (Å²) in [6.07, 6.45) is 2.38. The van der Waals surface area contributed by atoms with E-state index in [9.17, 15) is 9.59 Å². The lowest BCUT2D eigenvalue weighted by molar-refractivity contribution is -0.120. The molecule has 148 valence electrons. The van der Waals surface area contributed by atoms with Gasteiger partial charge >= 0.3 is 0 Å². The molecule has 28 heavy (non-hydrogen) atoms. The van der Waals surface area contributed by atoms with E-state index in [0.717, 1.165) is 37.2 Å². The van der Waals surface area contributed by atoms with Crippen LogP contribution in [-0.2, 0) is 9.59 Å². The van der Waals surface area contributed by atoms with Crippen molar-refractivity contribution in [3.8, 4) is 0 Å². The molecule has 5 nitrogen and oxygen atoms in total. The number of nitrogens with one attached hydrogen (secondary N) is 2. The van der Waals surface area contributed by atoms with Gasteiger partial charge in [-0.25, -0.2) is 0 Å². The summed E-state index contributed by atoms with van der Waals surface area (Å²) in [6, 6.07) is 12.2. The molecule has 2 aromatic rings.